The van der Waals surface area contributed by atoms with E-state index in [0.717, 1.165) is 5.56 Å². The first-order valence-corrected chi connectivity index (χ1v) is 8.31. The first-order valence-electron chi connectivity index (χ1n) is 8.31. The molecule has 0 aliphatic carbocycles. The monoisotopic (exact) mass is 363 g/mol. The third-order valence-electron chi connectivity index (χ3n) is 3.52. The molecule has 7 heteroatoms. The van der Waals surface area contributed by atoms with Crippen molar-refractivity contribution in [2.45, 2.75) is 6.92 Å². The number of benzene rings is 2. The smallest absolute Gasteiger partial charge is 0.338 e. The number of rotatable bonds is 6. The number of esters is 1. The highest BCUT2D eigenvalue weighted by molar-refractivity contribution is 6.00. The number of anilines is 1. The highest BCUT2D eigenvalue weighted by Gasteiger charge is 2.12. The molecule has 1 amide bonds. The lowest BCUT2D eigenvalue weighted by molar-refractivity contribution is -0.112. The van der Waals surface area contributed by atoms with Gasteiger partial charge in [-0.25, -0.2) is 4.79 Å². The third kappa shape index (κ3) is 4.88. The molecular weight excluding hydrogens is 346 g/mol. The summed E-state index contributed by atoms with van der Waals surface area (Å²) in [7, 11) is 0. The van der Waals surface area contributed by atoms with Crippen LogP contribution in [0.15, 0.2) is 65.1 Å². The number of carbonyl (C=O) groups is 2. The van der Waals surface area contributed by atoms with Crippen molar-refractivity contribution in [1.29, 1.82) is 0 Å². The van der Waals surface area contributed by atoms with Crippen LogP contribution < -0.4 is 5.32 Å². The van der Waals surface area contributed by atoms with Gasteiger partial charge in [-0.2, -0.15) is 0 Å². The van der Waals surface area contributed by atoms with Crippen LogP contribution in [-0.2, 0) is 9.53 Å². The zero-order valence-corrected chi connectivity index (χ0v) is 14.6. The molecule has 0 radical (unpaired) electrons. The van der Waals surface area contributed by atoms with Crippen LogP contribution in [0.5, 0.6) is 0 Å². The van der Waals surface area contributed by atoms with E-state index in [2.05, 4.69) is 15.5 Å². The van der Waals surface area contributed by atoms with E-state index in [1.807, 2.05) is 30.3 Å². The van der Waals surface area contributed by atoms with E-state index >= 15 is 0 Å². The van der Waals surface area contributed by atoms with E-state index in [1.54, 1.807) is 37.3 Å². The maximum atomic E-state index is 11.9. The van der Waals surface area contributed by atoms with Gasteiger partial charge in [-0.1, -0.05) is 35.4 Å². The minimum absolute atomic E-state index is 0.0119. The second kappa shape index (κ2) is 8.57. The predicted octanol–water partition coefficient (Wildman–Crippen LogP) is 3.57. The van der Waals surface area contributed by atoms with Gasteiger partial charge in [0.1, 0.15) is 0 Å². The van der Waals surface area contributed by atoms with Gasteiger partial charge in [-0.15, -0.1) is 5.10 Å². The fraction of sp³-hybridized carbons (Fsp3) is 0.100. The van der Waals surface area contributed by atoms with E-state index in [9.17, 15) is 9.59 Å². The molecule has 0 aliphatic heterocycles. The Morgan fingerprint density at radius 2 is 1.81 bits per heavy atom. The molecule has 27 heavy (non-hydrogen) atoms. The Labute approximate surface area is 155 Å². The van der Waals surface area contributed by atoms with Crippen molar-refractivity contribution in [3.8, 4) is 11.5 Å². The van der Waals surface area contributed by atoms with Gasteiger partial charge in [0.15, 0.2) is 0 Å². The molecule has 0 saturated heterocycles. The van der Waals surface area contributed by atoms with Crippen molar-refractivity contribution in [3.05, 3.63) is 71.8 Å². The second-order valence-corrected chi connectivity index (χ2v) is 5.44. The third-order valence-corrected chi connectivity index (χ3v) is 3.52. The maximum Gasteiger partial charge on any atom is 0.338 e. The summed E-state index contributed by atoms with van der Waals surface area (Å²) < 4.78 is 10.4. The Morgan fingerprint density at radius 1 is 1.07 bits per heavy atom. The molecule has 1 heterocycles. The van der Waals surface area contributed by atoms with Crippen molar-refractivity contribution in [1.82, 2.24) is 10.2 Å². The van der Waals surface area contributed by atoms with Gasteiger partial charge < -0.3 is 9.15 Å². The van der Waals surface area contributed by atoms with E-state index in [1.165, 1.54) is 6.08 Å². The molecule has 0 spiro atoms. The molecule has 0 fully saturated rings. The minimum atomic E-state index is -0.396. The molecule has 2 aromatic carbocycles. The molecule has 0 saturated carbocycles. The van der Waals surface area contributed by atoms with Crippen molar-refractivity contribution in [3.63, 3.8) is 0 Å². The van der Waals surface area contributed by atoms with Crippen LogP contribution in [0, 0.1) is 0 Å². The topological polar surface area (TPSA) is 94.3 Å². The van der Waals surface area contributed by atoms with Crippen molar-refractivity contribution in [2.75, 3.05) is 11.9 Å². The molecule has 136 valence electrons. The molecule has 1 N–H and O–H groups in total. The number of ether oxygens (including phenoxy) is 1. The Bertz CT molecular complexity index is 947. The van der Waals surface area contributed by atoms with E-state index in [0.29, 0.717) is 17.7 Å². The molecule has 3 aromatic rings. The summed E-state index contributed by atoms with van der Waals surface area (Å²) in [4.78, 5) is 23.6. The molecule has 3 rings (SSSR count). The van der Waals surface area contributed by atoms with E-state index in [-0.39, 0.29) is 17.8 Å². The lowest BCUT2D eigenvalue weighted by Crippen LogP contribution is -2.07. The van der Waals surface area contributed by atoms with Gasteiger partial charge in [0, 0.05) is 11.6 Å². The van der Waals surface area contributed by atoms with Crippen LogP contribution in [0.25, 0.3) is 17.5 Å². The minimum Gasteiger partial charge on any atom is -0.462 e. The highest BCUT2D eigenvalue weighted by atomic mass is 16.5. The fourth-order valence-corrected chi connectivity index (χ4v) is 2.24. The van der Waals surface area contributed by atoms with Crippen molar-refractivity contribution in [2.24, 2.45) is 0 Å². The largest absolute Gasteiger partial charge is 0.462 e. The SMILES string of the molecule is CCOC(=O)c1ccc(-c2nnc(NC(=O)/C=C/c3ccccc3)o2)cc1. The Hall–Kier alpha value is -3.74. The second-order valence-electron chi connectivity index (χ2n) is 5.44. The van der Waals surface area contributed by atoms with Gasteiger partial charge in [-0.05, 0) is 42.8 Å². The fourth-order valence-electron chi connectivity index (χ4n) is 2.24. The normalized spacial score (nSPS) is 10.7. The summed E-state index contributed by atoms with van der Waals surface area (Å²) in [6.45, 7) is 2.06. The van der Waals surface area contributed by atoms with Crippen molar-refractivity contribution < 1.29 is 18.7 Å². The Morgan fingerprint density at radius 3 is 2.52 bits per heavy atom. The van der Waals surface area contributed by atoms with E-state index in [4.69, 9.17) is 9.15 Å². The van der Waals surface area contributed by atoms with Crippen LogP contribution >= 0.6 is 0 Å². The molecular formula is C20H17N3O4. The lowest BCUT2D eigenvalue weighted by Gasteiger charge is -2.01. The summed E-state index contributed by atoms with van der Waals surface area (Å²) in [5.74, 6) is -0.549. The van der Waals surface area contributed by atoms with Crippen LogP contribution in [0.3, 0.4) is 0 Å². The molecule has 1 aromatic heterocycles. The number of carbonyl (C=O) groups excluding carboxylic acids is 2. The van der Waals surface area contributed by atoms with Gasteiger partial charge in [-0.3, -0.25) is 10.1 Å². The van der Waals surface area contributed by atoms with Gasteiger partial charge >= 0.3 is 12.0 Å². The van der Waals surface area contributed by atoms with E-state index < -0.39 is 5.97 Å². The zero-order valence-electron chi connectivity index (χ0n) is 14.6. The molecule has 0 bridgehead atoms. The first kappa shape index (κ1) is 18.1. The number of nitrogens with one attached hydrogen (secondary N) is 1. The summed E-state index contributed by atoms with van der Waals surface area (Å²) in [6, 6.07) is 16.0. The number of hydrogen-bond donors (Lipinski definition) is 1. The molecule has 0 aliphatic rings. The lowest BCUT2D eigenvalue weighted by atomic mass is 10.1. The molecule has 0 unspecified atom stereocenters. The average Bonchev–Trinajstić information content (AvgIpc) is 3.16. The van der Waals surface area contributed by atoms with Crippen molar-refractivity contribution >= 4 is 24.0 Å². The molecule has 0 atom stereocenters. The maximum absolute atomic E-state index is 11.9. The highest BCUT2D eigenvalue weighted by Crippen LogP contribution is 2.20. The van der Waals surface area contributed by atoms with Crippen LogP contribution in [-0.4, -0.2) is 28.7 Å². The standard InChI is InChI=1S/C20H17N3O4/c1-2-26-19(25)16-11-9-15(10-12-16)18-22-23-20(27-18)21-17(24)13-8-14-6-4-3-5-7-14/h3-13H,2H2,1H3,(H,21,23,24)/b13-8+. The van der Waals surface area contributed by atoms with Crippen LogP contribution in [0.4, 0.5) is 6.01 Å². The van der Waals surface area contributed by atoms with Crippen LogP contribution in [0.1, 0.15) is 22.8 Å². The zero-order chi connectivity index (χ0) is 19.1. The summed E-state index contributed by atoms with van der Waals surface area (Å²) in [5, 5.41) is 10.2. The first-order chi connectivity index (χ1) is 13.2. The predicted molar refractivity (Wildman–Crippen MR) is 99.8 cm³/mol. The number of amides is 1. The average molecular weight is 363 g/mol. The summed E-state index contributed by atoms with van der Waals surface area (Å²) in [5.41, 5.74) is 1.95. The summed E-state index contributed by atoms with van der Waals surface area (Å²) in [6.07, 6.45) is 3.06. The quantitative estimate of drug-likeness (QED) is 0.531. The Kier molecular flexibility index (Phi) is 5.73. The summed E-state index contributed by atoms with van der Waals surface area (Å²) >= 11 is 0. The van der Waals surface area contributed by atoms with Gasteiger partial charge in [0.25, 0.3) is 5.91 Å². The van der Waals surface area contributed by atoms with Gasteiger partial charge in [0.2, 0.25) is 5.89 Å². The van der Waals surface area contributed by atoms with Crippen LogP contribution in [0.2, 0.25) is 0 Å². The number of hydrogen-bond acceptors (Lipinski definition) is 6. The number of nitrogens with zero attached hydrogens (tertiary/aromatic N) is 2. The molecule has 7 nitrogen and oxygen atoms in total. The Balaban J connectivity index is 1.63. The number of aromatic nitrogens is 2. The van der Waals surface area contributed by atoms with Gasteiger partial charge in [0.05, 0.1) is 12.2 Å².